The normalized spacial score (nSPS) is 17.9. The Morgan fingerprint density at radius 3 is 3.00 bits per heavy atom. The van der Waals surface area contributed by atoms with Gasteiger partial charge in [0.2, 0.25) is 5.91 Å². The smallest absolute Gasteiger partial charge is 0.227 e. The summed E-state index contributed by atoms with van der Waals surface area (Å²) in [6.07, 6.45) is 0.267. The van der Waals surface area contributed by atoms with Gasteiger partial charge in [-0.2, -0.15) is 0 Å². The molecule has 0 aromatic heterocycles. The Morgan fingerprint density at radius 1 is 1.60 bits per heavy atom. The zero-order valence-corrected chi connectivity index (χ0v) is 11.0. The SMILES string of the molecule is CC(=O)c1cccc(N2CC(CN=[N+]=[N-])CC2=O)c1O. The van der Waals surface area contributed by atoms with E-state index in [1.54, 1.807) is 12.1 Å². The molecule has 0 aliphatic carbocycles. The standard InChI is InChI=1S/C13H14N4O3/c1-8(18)10-3-2-4-11(13(10)20)17-7-9(5-12(17)19)6-15-16-14/h2-4,9,20H,5-7H2,1H3. The summed E-state index contributed by atoms with van der Waals surface area (Å²) in [6, 6.07) is 4.73. The van der Waals surface area contributed by atoms with Crippen LogP contribution in [0.5, 0.6) is 5.75 Å². The minimum atomic E-state index is -0.262. The molecule has 1 aromatic rings. The number of carbonyl (C=O) groups excluding carboxylic acids is 2. The van der Waals surface area contributed by atoms with Crippen molar-refractivity contribution in [1.82, 2.24) is 0 Å². The van der Waals surface area contributed by atoms with Gasteiger partial charge in [0, 0.05) is 24.4 Å². The number of phenolic OH excluding ortho intramolecular Hbond substituents is 1. The summed E-state index contributed by atoms with van der Waals surface area (Å²) in [5, 5.41) is 13.6. The van der Waals surface area contributed by atoms with E-state index in [1.165, 1.54) is 17.9 Å². The number of carbonyl (C=O) groups is 2. The summed E-state index contributed by atoms with van der Waals surface area (Å²) >= 11 is 0. The van der Waals surface area contributed by atoms with Crippen LogP contribution < -0.4 is 4.90 Å². The third kappa shape index (κ3) is 2.57. The summed E-state index contributed by atoms with van der Waals surface area (Å²) in [5.74, 6) is -0.669. The van der Waals surface area contributed by atoms with Crippen LogP contribution in [-0.4, -0.2) is 29.9 Å². The van der Waals surface area contributed by atoms with Crippen LogP contribution in [0, 0.1) is 5.92 Å². The predicted molar refractivity (Wildman–Crippen MR) is 72.6 cm³/mol. The molecule has 1 atom stereocenters. The maximum absolute atomic E-state index is 12.0. The molecule has 0 radical (unpaired) electrons. The molecule has 1 N–H and O–H groups in total. The Labute approximate surface area is 115 Å². The van der Waals surface area contributed by atoms with E-state index in [0.29, 0.717) is 12.2 Å². The highest BCUT2D eigenvalue weighted by molar-refractivity contribution is 6.02. The molecule has 1 fully saturated rings. The minimum absolute atomic E-state index is 0.0706. The van der Waals surface area contributed by atoms with Crippen LogP contribution in [0.4, 0.5) is 5.69 Å². The van der Waals surface area contributed by atoms with Crippen molar-refractivity contribution < 1.29 is 14.7 Å². The van der Waals surface area contributed by atoms with Crippen molar-refractivity contribution in [2.75, 3.05) is 18.0 Å². The van der Waals surface area contributed by atoms with Crippen molar-refractivity contribution in [1.29, 1.82) is 0 Å². The van der Waals surface area contributed by atoms with Crippen LogP contribution in [0.1, 0.15) is 23.7 Å². The summed E-state index contributed by atoms with van der Waals surface area (Å²) in [5.41, 5.74) is 8.81. The first-order chi connectivity index (χ1) is 9.54. The number of anilines is 1. The third-order valence-corrected chi connectivity index (χ3v) is 3.29. The van der Waals surface area contributed by atoms with Gasteiger partial charge in [0.15, 0.2) is 5.78 Å². The second kappa shape index (κ2) is 5.63. The van der Waals surface area contributed by atoms with Gasteiger partial charge in [-0.3, -0.25) is 9.59 Å². The summed E-state index contributed by atoms with van der Waals surface area (Å²) < 4.78 is 0. The van der Waals surface area contributed by atoms with Gasteiger partial charge in [-0.15, -0.1) is 0 Å². The lowest BCUT2D eigenvalue weighted by molar-refractivity contribution is -0.117. The first kappa shape index (κ1) is 13.9. The fourth-order valence-corrected chi connectivity index (χ4v) is 2.32. The van der Waals surface area contributed by atoms with Crippen LogP contribution in [0.15, 0.2) is 23.3 Å². The molecule has 1 amide bonds. The van der Waals surface area contributed by atoms with Crippen LogP contribution >= 0.6 is 0 Å². The number of amides is 1. The molecule has 7 heteroatoms. The molecule has 0 spiro atoms. The van der Waals surface area contributed by atoms with Crippen molar-refractivity contribution in [2.45, 2.75) is 13.3 Å². The molecular weight excluding hydrogens is 260 g/mol. The Balaban J connectivity index is 2.28. The van der Waals surface area contributed by atoms with Crippen molar-refractivity contribution in [3.8, 4) is 5.75 Å². The number of hydrogen-bond acceptors (Lipinski definition) is 4. The fourth-order valence-electron chi connectivity index (χ4n) is 2.32. The Hall–Kier alpha value is -2.53. The van der Waals surface area contributed by atoms with Gasteiger partial charge < -0.3 is 10.0 Å². The van der Waals surface area contributed by atoms with Crippen LogP contribution in [-0.2, 0) is 4.79 Å². The Bertz CT molecular complexity index is 608. The first-order valence-electron chi connectivity index (χ1n) is 6.18. The molecule has 20 heavy (non-hydrogen) atoms. The molecule has 1 aromatic carbocycles. The molecule has 7 nitrogen and oxygen atoms in total. The summed E-state index contributed by atoms with van der Waals surface area (Å²) in [6.45, 7) is 1.97. The van der Waals surface area contributed by atoms with Crippen LogP contribution in [0.3, 0.4) is 0 Å². The van der Waals surface area contributed by atoms with E-state index in [2.05, 4.69) is 10.0 Å². The average Bonchev–Trinajstić information content (AvgIpc) is 2.77. The monoisotopic (exact) mass is 274 g/mol. The van der Waals surface area contributed by atoms with Crippen molar-refractivity contribution in [2.24, 2.45) is 11.0 Å². The molecule has 1 heterocycles. The average molecular weight is 274 g/mol. The number of azide groups is 1. The van der Waals surface area contributed by atoms with Crippen molar-refractivity contribution >= 4 is 17.4 Å². The van der Waals surface area contributed by atoms with E-state index in [9.17, 15) is 14.7 Å². The number of para-hydroxylation sites is 1. The third-order valence-electron chi connectivity index (χ3n) is 3.29. The van der Waals surface area contributed by atoms with Gasteiger partial charge in [-0.05, 0) is 30.5 Å². The lowest BCUT2D eigenvalue weighted by Gasteiger charge is -2.19. The summed E-state index contributed by atoms with van der Waals surface area (Å²) in [4.78, 5) is 27.5. The van der Waals surface area contributed by atoms with E-state index in [4.69, 9.17) is 5.53 Å². The molecule has 0 bridgehead atoms. The Morgan fingerprint density at radius 2 is 2.35 bits per heavy atom. The molecule has 104 valence electrons. The molecule has 1 unspecified atom stereocenters. The first-order valence-corrected chi connectivity index (χ1v) is 6.18. The molecule has 1 saturated heterocycles. The number of phenols is 1. The molecule has 2 rings (SSSR count). The van der Waals surface area contributed by atoms with Gasteiger partial charge in [-0.1, -0.05) is 11.2 Å². The number of Topliss-reactive ketones (excluding diaryl/α,β-unsaturated/α-hetero) is 1. The maximum Gasteiger partial charge on any atom is 0.227 e. The highest BCUT2D eigenvalue weighted by Crippen LogP contribution is 2.35. The fraction of sp³-hybridized carbons (Fsp3) is 0.385. The van der Waals surface area contributed by atoms with Gasteiger partial charge in [-0.25, -0.2) is 0 Å². The quantitative estimate of drug-likeness (QED) is 0.394. The molecule has 0 saturated carbocycles. The highest BCUT2D eigenvalue weighted by Gasteiger charge is 2.32. The summed E-state index contributed by atoms with van der Waals surface area (Å²) in [7, 11) is 0. The molecular formula is C13H14N4O3. The van der Waals surface area contributed by atoms with E-state index >= 15 is 0 Å². The van der Waals surface area contributed by atoms with Crippen molar-refractivity contribution in [3.05, 3.63) is 34.2 Å². The molecule has 1 aliphatic rings. The number of ketones is 1. The van der Waals surface area contributed by atoms with E-state index in [0.717, 1.165) is 0 Å². The van der Waals surface area contributed by atoms with Crippen LogP contribution in [0.25, 0.3) is 10.4 Å². The topological polar surface area (TPSA) is 106 Å². The Kier molecular flexibility index (Phi) is 3.91. The number of benzene rings is 1. The zero-order chi connectivity index (χ0) is 14.7. The van der Waals surface area contributed by atoms with E-state index < -0.39 is 0 Å². The predicted octanol–water partition coefficient (Wildman–Crippen LogP) is 2.26. The van der Waals surface area contributed by atoms with Crippen LogP contribution in [0.2, 0.25) is 0 Å². The maximum atomic E-state index is 12.0. The number of aromatic hydroxyl groups is 1. The largest absolute Gasteiger partial charge is 0.505 e. The van der Waals surface area contributed by atoms with E-state index in [1.807, 2.05) is 0 Å². The highest BCUT2D eigenvalue weighted by atomic mass is 16.3. The van der Waals surface area contributed by atoms with E-state index in [-0.39, 0.29) is 41.9 Å². The minimum Gasteiger partial charge on any atom is -0.505 e. The number of rotatable bonds is 4. The number of hydrogen-bond donors (Lipinski definition) is 1. The van der Waals surface area contributed by atoms with Gasteiger partial charge in [0.05, 0.1) is 11.3 Å². The van der Waals surface area contributed by atoms with Gasteiger partial charge >= 0.3 is 0 Å². The second-order valence-corrected chi connectivity index (χ2v) is 4.72. The number of nitrogens with zero attached hydrogens (tertiary/aromatic N) is 4. The lowest BCUT2D eigenvalue weighted by atomic mass is 10.1. The van der Waals surface area contributed by atoms with Crippen molar-refractivity contribution in [3.63, 3.8) is 0 Å². The molecule has 1 aliphatic heterocycles. The lowest BCUT2D eigenvalue weighted by Crippen LogP contribution is -2.25. The van der Waals surface area contributed by atoms with Gasteiger partial charge in [0.1, 0.15) is 5.75 Å². The zero-order valence-electron chi connectivity index (χ0n) is 11.0. The van der Waals surface area contributed by atoms with Gasteiger partial charge in [0.25, 0.3) is 0 Å². The second-order valence-electron chi connectivity index (χ2n) is 4.72.